The average Bonchev–Trinajstić information content (AvgIpc) is 3.07. The summed E-state index contributed by atoms with van der Waals surface area (Å²) >= 11 is 0. The van der Waals surface area contributed by atoms with Gasteiger partial charge in [0.25, 0.3) is 11.8 Å². The van der Waals surface area contributed by atoms with E-state index in [0.717, 1.165) is 12.1 Å². The number of hydrazine groups is 1. The molecular formula is C23H24F2N4O4. The Labute approximate surface area is 189 Å². The van der Waals surface area contributed by atoms with Crippen LogP contribution >= 0.6 is 0 Å². The number of amides is 2. The van der Waals surface area contributed by atoms with Crippen LogP contribution in [-0.4, -0.2) is 34.3 Å². The van der Waals surface area contributed by atoms with E-state index in [9.17, 15) is 18.4 Å². The van der Waals surface area contributed by atoms with Crippen molar-refractivity contribution < 1.29 is 27.8 Å². The van der Waals surface area contributed by atoms with Gasteiger partial charge < -0.3 is 9.47 Å². The minimum atomic E-state index is -0.901. The molecule has 8 nitrogen and oxygen atoms in total. The summed E-state index contributed by atoms with van der Waals surface area (Å²) in [7, 11) is 0. The molecule has 1 unspecified atom stereocenters. The summed E-state index contributed by atoms with van der Waals surface area (Å²) in [5.74, 6) is -1.62. The Morgan fingerprint density at radius 3 is 2.36 bits per heavy atom. The highest BCUT2D eigenvalue weighted by molar-refractivity contribution is 5.97. The standard InChI is InChI=1S/C23H24F2N4O4/c1-5-32-17-7-9-18(10-8-17)33-15(4)22(30)26-27-23(31)21-13(2)28-29(14(21)3)20-11-6-16(24)12-19(20)25/h6-12,15H,5H2,1-4H3,(H,26,30)(H,27,31). The van der Waals surface area contributed by atoms with Crippen molar-refractivity contribution >= 4 is 11.8 Å². The molecule has 1 aromatic heterocycles. The van der Waals surface area contributed by atoms with Crippen LogP contribution in [0.1, 0.15) is 35.6 Å². The third-order valence-corrected chi connectivity index (χ3v) is 4.77. The molecule has 0 fully saturated rings. The number of rotatable bonds is 7. The molecule has 10 heteroatoms. The summed E-state index contributed by atoms with van der Waals surface area (Å²) in [6, 6.07) is 9.84. The van der Waals surface area contributed by atoms with Gasteiger partial charge in [-0.15, -0.1) is 0 Å². The monoisotopic (exact) mass is 458 g/mol. The Balaban J connectivity index is 1.64. The maximum Gasteiger partial charge on any atom is 0.279 e. The van der Waals surface area contributed by atoms with Crippen LogP contribution in [0.2, 0.25) is 0 Å². The van der Waals surface area contributed by atoms with Gasteiger partial charge in [0.15, 0.2) is 11.9 Å². The van der Waals surface area contributed by atoms with E-state index in [-0.39, 0.29) is 11.3 Å². The highest BCUT2D eigenvalue weighted by atomic mass is 19.1. The van der Waals surface area contributed by atoms with Crippen LogP contribution in [0.3, 0.4) is 0 Å². The lowest BCUT2D eigenvalue weighted by Crippen LogP contribution is -2.47. The van der Waals surface area contributed by atoms with E-state index < -0.39 is 29.6 Å². The maximum absolute atomic E-state index is 14.2. The van der Waals surface area contributed by atoms with Crippen LogP contribution in [0.25, 0.3) is 5.69 Å². The third-order valence-electron chi connectivity index (χ3n) is 4.77. The fraction of sp³-hybridized carbons (Fsp3) is 0.261. The molecule has 0 aliphatic carbocycles. The Hall–Kier alpha value is -3.95. The normalized spacial score (nSPS) is 11.6. The number of ether oxygens (including phenoxy) is 2. The zero-order chi connectivity index (χ0) is 24.1. The van der Waals surface area contributed by atoms with Crippen LogP contribution < -0.4 is 20.3 Å². The average molecular weight is 458 g/mol. The lowest BCUT2D eigenvalue weighted by atomic mass is 10.2. The van der Waals surface area contributed by atoms with Gasteiger partial charge in [-0.1, -0.05) is 0 Å². The minimum absolute atomic E-state index is 0.00235. The molecule has 1 atom stereocenters. The highest BCUT2D eigenvalue weighted by Crippen LogP contribution is 2.21. The Morgan fingerprint density at radius 2 is 1.73 bits per heavy atom. The zero-order valence-corrected chi connectivity index (χ0v) is 18.6. The SMILES string of the molecule is CCOc1ccc(OC(C)C(=O)NNC(=O)c2c(C)nn(-c3ccc(F)cc3F)c2C)cc1. The van der Waals surface area contributed by atoms with Crippen molar-refractivity contribution in [2.45, 2.75) is 33.8 Å². The first kappa shape index (κ1) is 23.7. The van der Waals surface area contributed by atoms with E-state index in [1.165, 1.54) is 17.7 Å². The summed E-state index contributed by atoms with van der Waals surface area (Å²) in [4.78, 5) is 25.0. The largest absolute Gasteiger partial charge is 0.494 e. The highest BCUT2D eigenvalue weighted by Gasteiger charge is 2.22. The topological polar surface area (TPSA) is 94.5 Å². The Morgan fingerprint density at radius 1 is 1.06 bits per heavy atom. The molecule has 3 rings (SSSR count). The third kappa shape index (κ3) is 5.46. The van der Waals surface area contributed by atoms with Crippen molar-refractivity contribution in [1.82, 2.24) is 20.6 Å². The van der Waals surface area contributed by atoms with Gasteiger partial charge >= 0.3 is 0 Å². The molecule has 2 N–H and O–H groups in total. The first-order chi connectivity index (χ1) is 15.7. The number of carbonyl (C=O) groups is 2. The number of nitrogens with one attached hydrogen (secondary N) is 2. The molecule has 174 valence electrons. The first-order valence-corrected chi connectivity index (χ1v) is 10.2. The molecule has 0 saturated carbocycles. The molecule has 2 aromatic carbocycles. The molecule has 2 amide bonds. The van der Waals surface area contributed by atoms with Crippen LogP contribution in [-0.2, 0) is 4.79 Å². The van der Waals surface area contributed by atoms with Crippen molar-refractivity contribution in [2.24, 2.45) is 0 Å². The molecule has 3 aromatic rings. The number of carbonyl (C=O) groups excluding carboxylic acids is 2. The van der Waals surface area contributed by atoms with Crippen LogP contribution in [0.5, 0.6) is 11.5 Å². The summed E-state index contributed by atoms with van der Waals surface area (Å²) in [6.07, 6.45) is -0.901. The van der Waals surface area contributed by atoms with Gasteiger partial charge in [0, 0.05) is 6.07 Å². The van der Waals surface area contributed by atoms with Crippen molar-refractivity contribution in [3.8, 4) is 17.2 Å². The van der Waals surface area contributed by atoms with E-state index in [0.29, 0.717) is 29.5 Å². The summed E-state index contributed by atoms with van der Waals surface area (Å²) < 4.78 is 39.5. The fourth-order valence-corrected chi connectivity index (χ4v) is 3.18. The molecular weight excluding hydrogens is 434 g/mol. The molecule has 0 saturated heterocycles. The van der Waals surface area contributed by atoms with E-state index in [1.54, 1.807) is 38.1 Å². The second-order valence-electron chi connectivity index (χ2n) is 7.16. The second-order valence-corrected chi connectivity index (χ2v) is 7.16. The lowest BCUT2D eigenvalue weighted by Gasteiger charge is -2.15. The van der Waals surface area contributed by atoms with Gasteiger partial charge in [-0.2, -0.15) is 5.10 Å². The number of benzene rings is 2. The van der Waals surface area contributed by atoms with Gasteiger partial charge in [0.05, 0.1) is 23.6 Å². The van der Waals surface area contributed by atoms with Crippen molar-refractivity contribution in [3.63, 3.8) is 0 Å². The molecule has 0 radical (unpaired) electrons. The quantitative estimate of drug-likeness (QED) is 0.530. The number of aryl methyl sites for hydroxylation is 1. The van der Waals surface area contributed by atoms with Gasteiger partial charge in [-0.3, -0.25) is 20.4 Å². The van der Waals surface area contributed by atoms with Gasteiger partial charge in [-0.25, -0.2) is 13.5 Å². The van der Waals surface area contributed by atoms with Gasteiger partial charge in [-0.05, 0) is 64.1 Å². The Bertz CT molecular complexity index is 1160. The smallest absolute Gasteiger partial charge is 0.279 e. The van der Waals surface area contributed by atoms with Crippen LogP contribution in [0.15, 0.2) is 42.5 Å². The summed E-state index contributed by atoms with van der Waals surface area (Å²) in [6.45, 7) is 7.08. The van der Waals surface area contributed by atoms with Crippen molar-refractivity contribution in [3.05, 3.63) is 71.1 Å². The molecule has 0 spiro atoms. The Kier molecular flexibility index (Phi) is 7.27. The number of hydrogen-bond donors (Lipinski definition) is 2. The second kappa shape index (κ2) is 10.1. The molecule has 0 aliphatic rings. The fourth-order valence-electron chi connectivity index (χ4n) is 3.18. The van der Waals surface area contributed by atoms with Crippen molar-refractivity contribution in [1.29, 1.82) is 0 Å². The first-order valence-electron chi connectivity index (χ1n) is 10.2. The van der Waals surface area contributed by atoms with E-state index in [1.807, 2.05) is 6.92 Å². The molecule has 33 heavy (non-hydrogen) atoms. The maximum atomic E-state index is 14.2. The number of halogens is 2. The van der Waals surface area contributed by atoms with E-state index in [2.05, 4.69) is 16.0 Å². The van der Waals surface area contributed by atoms with Crippen molar-refractivity contribution in [2.75, 3.05) is 6.61 Å². The predicted molar refractivity (Wildman–Crippen MR) is 116 cm³/mol. The van der Waals surface area contributed by atoms with E-state index >= 15 is 0 Å². The molecule has 1 heterocycles. The van der Waals surface area contributed by atoms with E-state index in [4.69, 9.17) is 9.47 Å². The molecule has 0 aliphatic heterocycles. The zero-order valence-electron chi connectivity index (χ0n) is 18.6. The predicted octanol–water partition coefficient (Wildman–Crippen LogP) is 3.39. The lowest BCUT2D eigenvalue weighted by molar-refractivity contribution is -0.128. The molecule has 0 bridgehead atoms. The van der Waals surface area contributed by atoms with Crippen LogP contribution in [0.4, 0.5) is 8.78 Å². The van der Waals surface area contributed by atoms with Gasteiger partial charge in [0.1, 0.15) is 23.0 Å². The number of nitrogens with zero attached hydrogens (tertiary/aromatic N) is 2. The summed E-state index contributed by atoms with van der Waals surface area (Å²) in [5.41, 5.74) is 5.40. The minimum Gasteiger partial charge on any atom is -0.494 e. The number of hydrogen-bond acceptors (Lipinski definition) is 5. The number of aromatic nitrogens is 2. The van der Waals surface area contributed by atoms with Gasteiger partial charge in [0.2, 0.25) is 0 Å². The summed E-state index contributed by atoms with van der Waals surface area (Å²) in [5, 5.41) is 4.18. The van der Waals surface area contributed by atoms with Crippen LogP contribution in [0, 0.1) is 25.5 Å².